The number of benzene rings is 13. The van der Waals surface area contributed by atoms with Crippen LogP contribution in [0.25, 0.3) is 86.2 Å². The summed E-state index contributed by atoms with van der Waals surface area (Å²) in [6, 6.07) is 69.2. The van der Waals surface area contributed by atoms with E-state index in [1.165, 1.54) is 142 Å². The Morgan fingerprint density at radius 2 is 0.515 bits per heavy atom. The number of rotatable bonds is 6. The number of fused-ring (bicyclic) bond motifs is 6. The molecule has 0 aliphatic heterocycles. The molecule has 314 valence electrons. The van der Waals surface area contributed by atoms with E-state index in [4.69, 9.17) is 0 Å². The van der Waals surface area contributed by atoms with Crippen molar-refractivity contribution in [2.24, 2.45) is 0 Å². The van der Waals surface area contributed by atoms with Crippen LogP contribution in [0.3, 0.4) is 0 Å². The highest BCUT2D eigenvalue weighted by atomic mass is 15.2. The van der Waals surface area contributed by atoms with Gasteiger partial charge in [0, 0.05) is 33.5 Å². The molecule has 2 nitrogen and oxygen atoms in total. The van der Waals surface area contributed by atoms with Gasteiger partial charge in [-0.1, -0.05) is 156 Å². The molecule has 0 bridgehead atoms. The SMILES string of the molecule is Cc1ccc(N(c2ccc(C)cc2C)c2ccc3c4cccc5c4c(c4cccc2c34)c2cccc3c4ccc(N(c6ccc(C)cc6)c6ccc(C)cc6C)c6cccc(c64)c5c32)cc1. The van der Waals surface area contributed by atoms with Crippen LogP contribution in [-0.2, 0) is 0 Å². The number of aryl methyl sites for hydroxylation is 6. The first-order chi connectivity index (χ1) is 32.2. The maximum Gasteiger partial charge on any atom is 0.0540 e. The summed E-state index contributed by atoms with van der Waals surface area (Å²) in [4.78, 5) is 4.94. The van der Waals surface area contributed by atoms with E-state index in [1.54, 1.807) is 0 Å². The van der Waals surface area contributed by atoms with E-state index in [0.717, 1.165) is 11.4 Å². The summed E-state index contributed by atoms with van der Waals surface area (Å²) in [5.41, 5.74) is 14.6. The van der Waals surface area contributed by atoms with Crippen molar-refractivity contribution in [3.05, 3.63) is 215 Å². The van der Waals surface area contributed by atoms with Crippen LogP contribution in [-0.4, -0.2) is 0 Å². The Morgan fingerprint density at radius 1 is 0.227 bits per heavy atom. The second-order valence-corrected chi connectivity index (χ2v) is 18.8. The molecule has 0 fully saturated rings. The minimum absolute atomic E-state index is 1.15. The molecule has 0 aromatic heterocycles. The van der Waals surface area contributed by atoms with Gasteiger partial charge in [-0.05, 0) is 177 Å². The van der Waals surface area contributed by atoms with Gasteiger partial charge in [0.05, 0.1) is 11.4 Å². The monoisotopic (exact) mass is 844 g/mol. The van der Waals surface area contributed by atoms with Crippen molar-refractivity contribution in [1.29, 1.82) is 0 Å². The van der Waals surface area contributed by atoms with E-state index in [0.29, 0.717) is 0 Å². The molecule has 0 N–H and O–H groups in total. The van der Waals surface area contributed by atoms with Crippen molar-refractivity contribution in [3.8, 4) is 0 Å². The van der Waals surface area contributed by atoms with E-state index < -0.39 is 0 Å². The standard InChI is InChI=1S/C64H48N2/c1-37-19-25-43(26-20-37)65(55-31-23-39(3)35-41(55)5)57-33-29-47-45-11-7-18-54-61(45)63(51-15-9-13-49(57)59(47)51)53-17-8-12-46-48-30-34-58(50-14-10-16-52(60(48)50)64(54)62(46)53)66(44-27-21-38(2)22-28-44)56-32-24-40(4)36-42(56)6/h7-36H,1-6H3. The van der Waals surface area contributed by atoms with Crippen molar-refractivity contribution in [1.82, 2.24) is 0 Å². The lowest BCUT2D eigenvalue weighted by molar-refractivity contribution is 1.24. The first kappa shape index (κ1) is 38.5. The lowest BCUT2D eigenvalue weighted by Crippen LogP contribution is -2.12. The third kappa shape index (κ3) is 5.48. The maximum atomic E-state index is 2.47. The average molecular weight is 845 g/mol. The molecule has 0 unspecified atom stereocenters. The molecule has 0 saturated carbocycles. The molecule has 13 aromatic carbocycles. The summed E-state index contributed by atoms with van der Waals surface area (Å²) in [5.74, 6) is 0. The molecule has 13 rings (SSSR count). The summed E-state index contributed by atoms with van der Waals surface area (Å²) >= 11 is 0. The van der Waals surface area contributed by atoms with Gasteiger partial charge in [0.25, 0.3) is 0 Å². The Balaban J connectivity index is 1.14. The van der Waals surface area contributed by atoms with Crippen LogP contribution in [0.1, 0.15) is 33.4 Å². The van der Waals surface area contributed by atoms with Gasteiger partial charge in [-0.3, -0.25) is 0 Å². The summed E-state index contributed by atoms with van der Waals surface area (Å²) in [6.07, 6.45) is 0. The largest absolute Gasteiger partial charge is 0.310 e. The second kappa shape index (κ2) is 14.3. The molecule has 2 heteroatoms. The molecule has 0 aliphatic carbocycles. The minimum atomic E-state index is 1.15. The molecule has 0 radical (unpaired) electrons. The first-order valence-electron chi connectivity index (χ1n) is 23.3. The van der Waals surface area contributed by atoms with Gasteiger partial charge in [-0.2, -0.15) is 0 Å². The fraction of sp³-hybridized carbons (Fsp3) is 0.0938. The first-order valence-corrected chi connectivity index (χ1v) is 23.3. The summed E-state index contributed by atoms with van der Waals surface area (Å²) in [6.45, 7) is 13.2. The van der Waals surface area contributed by atoms with E-state index in [9.17, 15) is 0 Å². The zero-order chi connectivity index (χ0) is 44.5. The lowest BCUT2D eigenvalue weighted by atomic mass is 9.81. The predicted octanol–water partition coefficient (Wildman–Crippen LogP) is 18.6. The molecule has 66 heavy (non-hydrogen) atoms. The van der Waals surface area contributed by atoms with Gasteiger partial charge in [-0.15, -0.1) is 0 Å². The van der Waals surface area contributed by atoms with E-state index in [2.05, 4.69) is 233 Å². The van der Waals surface area contributed by atoms with Crippen molar-refractivity contribution in [2.75, 3.05) is 9.80 Å². The number of hydrogen-bond acceptors (Lipinski definition) is 2. The molecule has 0 heterocycles. The number of anilines is 6. The Hall–Kier alpha value is -7.94. The molecule has 0 saturated heterocycles. The lowest BCUT2D eigenvalue weighted by Gasteiger charge is -2.30. The van der Waals surface area contributed by atoms with Crippen LogP contribution in [0, 0.1) is 41.5 Å². The van der Waals surface area contributed by atoms with Crippen LogP contribution in [0.2, 0.25) is 0 Å². The Kier molecular flexibility index (Phi) is 8.33. The molecule has 0 spiro atoms. The van der Waals surface area contributed by atoms with Crippen LogP contribution >= 0.6 is 0 Å². The normalized spacial score (nSPS) is 12.1. The Labute approximate surface area is 385 Å². The summed E-state index contributed by atoms with van der Waals surface area (Å²) in [5, 5.41) is 20.8. The molecular formula is C64H48N2. The Morgan fingerprint density at radius 3 is 0.894 bits per heavy atom. The van der Waals surface area contributed by atoms with E-state index in [1.807, 2.05) is 0 Å². The maximum absolute atomic E-state index is 2.47. The zero-order valence-corrected chi connectivity index (χ0v) is 38.2. The van der Waals surface area contributed by atoms with Crippen molar-refractivity contribution < 1.29 is 0 Å². The van der Waals surface area contributed by atoms with Gasteiger partial charge in [0.15, 0.2) is 0 Å². The summed E-state index contributed by atoms with van der Waals surface area (Å²) < 4.78 is 0. The van der Waals surface area contributed by atoms with Crippen molar-refractivity contribution >= 4 is 120 Å². The highest BCUT2D eigenvalue weighted by Crippen LogP contribution is 2.53. The molecule has 0 aliphatic rings. The highest BCUT2D eigenvalue weighted by molar-refractivity contribution is 6.48. The second-order valence-electron chi connectivity index (χ2n) is 18.8. The fourth-order valence-corrected chi connectivity index (χ4v) is 11.7. The quantitative estimate of drug-likeness (QED) is 0.122. The molecule has 0 atom stereocenters. The van der Waals surface area contributed by atoms with Gasteiger partial charge >= 0.3 is 0 Å². The average Bonchev–Trinajstić information content (AvgIpc) is 3.32. The van der Waals surface area contributed by atoms with Crippen LogP contribution in [0.4, 0.5) is 34.1 Å². The zero-order valence-electron chi connectivity index (χ0n) is 38.2. The number of hydrogen-bond donors (Lipinski definition) is 0. The fourth-order valence-electron chi connectivity index (χ4n) is 11.7. The van der Waals surface area contributed by atoms with Crippen molar-refractivity contribution in [2.45, 2.75) is 41.5 Å². The van der Waals surface area contributed by atoms with Crippen LogP contribution in [0.5, 0.6) is 0 Å². The van der Waals surface area contributed by atoms with Crippen LogP contribution in [0.15, 0.2) is 182 Å². The van der Waals surface area contributed by atoms with Gasteiger partial charge < -0.3 is 9.80 Å². The van der Waals surface area contributed by atoms with Gasteiger partial charge in [-0.25, -0.2) is 0 Å². The number of nitrogens with zero attached hydrogens (tertiary/aromatic N) is 2. The smallest absolute Gasteiger partial charge is 0.0540 e. The Bertz CT molecular complexity index is 3830. The van der Waals surface area contributed by atoms with Gasteiger partial charge in [0.1, 0.15) is 0 Å². The summed E-state index contributed by atoms with van der Waals surface area (Å²) in [7, 11) is 0. The van der Waals surface area contributed by atoms with E-state index in [-0.39, 0.29) is 0 Å². The third-order valence-electron chi connectivity index (χ3n) is 14.6. The van der Waals surface area contributed by atoms with Crippen molar-refractivity contribution in [3.63, 3.8) is 0 Å². The third-order valence-corrected chi connectivity index (χ3v) is 14.6. The molecular weight excluding hydrogens is 797 g/mol. The minimum Gasteiger partial charge on any atom is -0.310 e. The molecule has 13 aromatic rings. The topological polar surface area (TPSA) is 6.48 Å². The molecule has 0 amide bonds. The highest BCUT2D eigenvalue weighted by Gasteiger charge is 2.26. The van der Waals surface area contributed by atoms with Gasteiger partial charge in [0.2, 0.25) is 0 Å². The van der Waals surface area contributed by atoms with E-state index >= 15 is 0 Å². The predicted molar refractivity (Wildman–Crippen MR) is 287 cm³/mol. The van der Waals surface area contributed by atoms with Crippen LogP contribution < -0.4 is 9.80 Å².